The van der Waals surface area contributed by atoms with Crippen LogP contribution >= 0.6 is 22.6 Å². The van der Waals surface area contributed by atoms with Gasteiger partial charge in [0.05, 0.1) is 6.33 Å². The Morgan fingerprint density at radius 3 is 2.05 bits per heavy atom. The van der Waals surface area contributed by atoms with Crippen LogP contribution in [0.3, 0.4) is 0 Å². The highest BCUT2D eigenvalue weighted by atomic mass is 127. The Balaban J connectivity index is 2.67. The van der Waals surface area contributed by atoms with Gasteiger partial charge in [-0.15, -0.1) is 0 Å². The first kappa shape index (κ1) is 19.0. The molecule has 1 rings (SSSR count). The third kappa shape index (κ3) is 5.91. The van der Waals surface area contributed by atoms with E-state index in [2.05, 4.69) is 66.2 Å². The van der Waals surface area contributed by atoms with Crippen molar-refractivity contribution in [1.82, 2.24) is 9.55 Å². The van der Waals surface area contributed by atoms with Gasteiger partial charge in [0.1, 0.15) is 3.70 Å². The van der Waals surface area contributed by atoms with E-state index in [1.807, 2.05) is 0 Å². The highest BCUT2D eigenvalue weighted by Gasteiger charge is 2.27. The topological polar surface area (TPSA) is 17.8 Å². The van der Waals surface area contributed by atoms with Crippen LogP contribution in [0, 0.1) is 10.6 Å². The molecule has 1 heterocycles. The van der Waals surface area contributed by atoms with Crippen molar-refractivity contribution in [2.75, 3.05) is 0 Å². The summed E-state index contributed by atoms with van der Waals surface area (Å²) in [5.74, 6) is 0. The number of aromatic nitrogens is 2. The summed E-state index contributed by atoms with van der Waals surface area (Å²) in [7, 11) is 0. The molecule has 0 spiro atoms. The van der Waals surface area contributed by atoms with Crippen molar-refractivity contribution >= 4 is 22.6 Å². The summed E-state index contributed by atoms with van der Waals surface area (Å²) >= 11 is 2.35. The SMILES string of the molecule is CCCCCCCC(C)(CCCCC)n1cnc(I)c1C. The first-order valence-electron chi connectivity index (χ1n) is 8.75. The summed E-state index contributed by atoms with van der Waals surface area (Å²) in [6.07, 6.45) is 15.4. The van der Waals surface area contributed by atoms with E-state index in [-0.39, 0.29) is 5.54 Å². The smallest absolute Gasteiger partial charge is 0.122 e. The first-order valence-corrected chi connectivity index (χ1v) is 9.83. The van der Waals surface area contributed by atoms with Gasteiger partial charge in [-0.1, -0.05) is 65.2 Å². The zero-order valence-corrected chi connectivity index (χ0v) is 16.6. The van der Waals surface area contributed by atoms with Gasteiger partial charge >= 0.3 is 0 Å². The Morgan fingerprint density at radius 1 is 1.00 bits per heavy atom. The lowest BCUT2D eigenvalue weighted by Crippen LogP contribution is -2.30. The van der Waals surface area contributed by atoms with E-state index in [0.717, 1.165) is 3.70 Å². The normalized spacial score (nSPS) is 14.3. The summed E-state index contributed by atoms with van der Waals surface area (Å²) < 4.78 is 3.60. The number of halogens is 1. The van der Waals surface area contributed by atoms with Crippen molar-refractivity contribution in [2.24, 2.45) is 0 Å². The molecule has 2 nitrogen and oxygen atoms in total. The highest BCUT2D eigenvalue weighted by Crippen LogP contribution is 2.32. The molecule has 0 N–H and O–H groups in total. The Morgan fingerprint density at radius 2 is 1.52 bits per heavy atom. The second kappa shape index (κ2) is 9.86. The minimum atomic E-state index is 0.252. The number of nitrogens with zero attached hydrogens (tertiary/aromatic N) is 2. The summed E-state index contributed by atoms with van der Waals surface area (Å²) in [4.78, 5) is 4.52. The average Bonchev–Trinajstić information content (AvgIpc) is 2.80. The van der Waals surface area contributed by atoms with Crippen LogP contribution in [-0.2, 0) is 5.54 Å². The fourth-order valence-electron chi connectivity index (χ4n) is 3.16. The Labute approximate surface area is 145 Å². The van der Waals surface area contributed by atoms with Crippen LogP contribution in [-0.4, -0.2) is 9.55 Å². The molecule has 0 aromatic carbocycles. The van der Waals surface area contributed by atoms with Gasteiger partial charge in [0.2, 0.25) is 0 Å². The van der Waals surface area contributed by atoms with Crippen LogP contribution in [0.4, 0.5) is 0 Å². The molecule has 1 aromatic rings. The van der Waals surface area contributed by atoms with Gasteiger partial charge in [0, 0.05) is 11.2 Å². The number of hydrogen-bond donors (Lipinski definition) is 0. The lowest BCUT2D eigenvalue weighted by molar-refractivity contribution is 0.247. The fraction of sp³-hybridized carbons (Fsp3) is 0.833. The van der Waals surface area contributed by atoms with Gasteiger partial charge in [-0.25, -0.2) is 4.98 Å². The quantitative estimate of drug-likeness (QED) is 0.306. The second-order valence-electron chi connectivity index (χ2n) is 6.61. The van der Waals surface area contributed by atoms with E-state index in [1.165, 1.54) is 69.9 Å². The number of rotatable bonds is 11. The molecule has 0 aliphatic rings. The molecular formula is C18H33IN2. The highest BCUT2D eigenvalue weighted by molar-refractivity contribution is 14.1. The molecule has 0 amide bonds. The van der Waals surface area contributed by atoms with E-state index in [9.17, 15) is 0 Å². The molecule has 1 atom stereocenters. The van der Waals surface area contributed by atoms with E-state index in [1.54, 1.807) is 0 Å². The summed E-state index contributed by atoms with van der Waals surface area (Å²) in [6.45, 7) is 9.22. The van der Waals surface area contributed by atoms with Crippen LogP contribution < -0.4 is 0 Å². The number of imidazole rings is 1. The predicted molar refractivity (Wildman–Crippen MR) is 101 cm³/mol. The van der Waals surface area contributed by atoms with E-state index >= 15 is 0 Å². The summed E-state index contributed by atoms with van der Waals surface area (Å²) in [5.41, 5.74) is 1.59. The number of hydrogen-bond acceptors (Lipinski definition) is 1. The lowest BCUT2D eigenvalue weighted by atomic mass is 9.87. The van der Waals surface area contributed by atoms with Crippen LogP contribution in [0.2, 0.25) is 0 Å². The number of unbranched alkanes of at least 4 members (excludes halogenated alkanes) is 6. The molecule has 122 valence electrons. The van der Waals surface area contributed by atoms with Crippen LogP contribution in [0.25, 0.3) is 0 Å². The minimum absolute atomic E-state index is 0.252. The molecule has 0 saturated carbocycles. The Kier molecular flexibility index (Phi) is 8.91. The molecule has 0 radical (unpaired) electrons. The van der Waals surface area contributed by atoms with Gasteiger partial charge in [0.15, 0.2) is 0 Å². The van der Waals surface area contributed by atoms with Crippen molar-refractivity contribution in [3.63, 3.8) is 0 Å². The summed E-state index contributed by atoms with van der Waals surface area (Å²) in [6, 6.07) is 0. The molecule has 0 bridgehead atoms. The van der Waals surface area contributed by atoms with E-state index < -0.39 is 0 Å². The maximum atomic E-state index is 4.52. The van der Waals surface area contributed by atoms with Crippen molar-refractivity contribution in [3.05, 3.63) is 15.7 Å². The minimum Gasteiger partial charge on any atom is -0.328 e. The molecule has 21 heavy (non-hydrogen) atoms. The van der Waals surface area contributed by atoms with Crippen molar-refractivity contribution < 1.29 is 0 Å². The first-order chi connectivity index (χ1) is 10.0. The van der Waals surface area contributed by atoms with Crippen molar-refractivity contribution in [2.45, 2.75) is 97.4 Å². The Bertz CT molecular complexity index is 400. The lowest BCUT2D eigenvalue weighted by Gasteiger charge is -2.33. The van der Waals surface area contributed by atoms with Gasteiger partial charge in [-0.05, 0) is 49.3 Å². The molecule has 0 aliphatic carbocycles. The molecule has 3 heteroatoms. The molecule has 0 saturated heterocycles. The van der Waals surface area contributed by atoms with Crippen LogP contribution in [0.1, 0.15) is 90.7 Å². The standard InChI is InChI=1S/C18H33IN2/c1-5-7-9-10-12-14-18(4,13-11-8-6-2)21-15-20-17(19)16(21)3/h15H,5-14H2,1-4H3. The third-order valence-electron chi connectivity index (χ3n) is 4.67. The maximum absolute atomic E-state index is 4.52. The molecule has 1 unspecified atom stereocenters. The molecular weight excluding hydrogens is 371 g/mol. The van der Waals surface area contributed by atoms with Crippen LogP contribution in [0.15, 0.2) is 6.33 Å². The van der Waals surface area contributed by atoms with E-state index in [0.29, 0.717) is 0 Å². The van der Waals surface area contributed by atoms with Crippen molar-refractivity contribution in [1.29, 1.82) is 0 Å². The zero-order chi connectivity index (χ0) is 15.7. The Hall–Kier alpha value is -0.0600. The maximum Gasteiger partial charge on any atom is 0.122 e. The van der Waals surface area contributed by atoms with Crippen molar-refractivity contribution in [3.8, 4) is 0 Å². The summed E-state index contributed by atoms with van der Waals surface area (Å²) in [5, 5.41) is 0. The fourth-order valence-corrected chi connectivity index (χ4v) is 3.55. The zero-order valence-electron chi connectivity index (χ0n) is 14.4. The van der Waals surface area contributed by atoms with Crippen LogP contribution in [0.5, 0.6) is 0 Å². The second-order valence-corrected chi connectivity index (χ2v) is 7.63. The van der Waals surface area contributed by atoms with Gasteiger partial charge in [-0.2, -0.15) is 0 Å². The van der Waals surface area contributed by atoms with Gasteiger partial charge < -0.3 is 4.57 Å². The predicted octanol–water partition coefficient (Wildman–Crippen LogP) is 6.45. The molecule has 0 fully saturated rings. The van der Waals surface area contributed by atoms with Gasteiger partial charge in [-0.3, -0.25) is 0 Å². The van der Waals surface area contributed by atoms with E-state index in [4.69, 9.17) is 0 Å². The van der Waals surface area contributed by atoms with Gasteiger partial charge in [0.25, 0.3) is 0 Å². The average molecular weight is 404 g/mol. The monoisotopic (exact) mass is 404 g/mol. The third-order valence-corrected chi connectivity index (χ3v) is 5.72. The molecule has 0 aliphatic heterocycles. The largest absolute Gasteiger partial charge is 0.328 e. The molecule has 1 aromatic heterocycles.